The predicted octanol–water partition coefficient (Wildman–Crippen LogP) is 3.84. The number of fused-ring (bicyclic) bond motifs is 2. The quantitative estimate of drug-likeness (QED) is 0.378. The monoisotopic (exact) mass is 538 g/mol. The van der Waals surface area contributed by atoms with Crippen molar-refractivity contribution in [2.45, 2.75) is 51.5 Å². The first-order chi connectivity index (χ1) is 18.9. The SMILES string of the molecule is C=CCOC(=O)N1c2cc(OCc3cccc(CC(=O)OCC)c3)c(OC)cc2C(=O)N2CCCCC2C1O. The van der Waals surface area contributed by atoms with Crippen molar-refractivity contribution in [3.8, 4) is 11.5 Å². The third-order valence-corrected chi connectivity index (χ3v) is 6.75. The number of ether oxygens (including phenoxy) is 4. The van der Waals surface area contributed by atoms with E-state index in [9.17, 15) is 19.5 Å². The molecule has 2 amide bonds. The zero-order valence-electron chi connectivity index (χ0n) is 22.3. The number of aliphatic hydroxyl groups excluding tert-OH is 1. The Morgan fingerprint density at radius 2 is 1.92 bits per heavy atom. The highest BCUT2D eigenvalue weighted by atomic mass is 16.6. The number of methoxy groups -OCH3 is 1. The van der Waals surface area contributed by atoms with Gasteiger partial charge in [0.15, 0.2) is 17.7 Å². The van der Waals surface area contributed by atoms with Gasteiger partial charge in [0, 0.05) is 12.6 Å². The van der Waals surface area contributed by atoms with E-state index in [2.05, 4.69) is 6.58 Å². The first kappa shape index (κ1) is 28.0. The van der Waals surface area contributed by atoms with Gasteiger partial charge < -0.3 is 29.0 Å². The van der Waals surface area contributed by atoms with Gasteiger partial charge in [0.2, 0.25) is 0 Å². The van der Waals surface area contributed by atoms with Crippen molar-refractivity contribution in [3.05, 3.63) is 65.7 Å². The van der Waals surface area contributed by atoms with Crippen molar-refractivity contribution in [2.75, 3.05) is 31.8 Å². The van der Waals surface area contributed by atoms with E-state index in [0.29, 0.717) is 25.3 Å². The molecule has 1 saturated heterocycles. The van der Waals surface area contributed by atoms with Crippen LogP contribution in [0, 0.1) is 0 Å². The zero-order valence-corrected chi connectivity index (χ0v) is 22.3. The fraction of sp³-hybridized carbons (Fsp3) is 0.414. The van der Waals surface area contributed by atoms with E-state index in [1.807, 2.05) is 24.3 Å². The molecule has 2 aromatic rings. The number of rotatable bonds is 9. The number of amides is 2. The minimum Gasteiger partial charge on any atom is -0.493 e. The zero-order chi connectivity index (χ0) is 27.9. The summed E-state index contributed by atoms with van der Waals surface area (Å²) in [7, 11) is 1.46. The van der Waals surface area contributed by atoms with Crippen LogP contribution in [0.3, 0.4) is 0 Å². The molecule has 2 aliphatic heterocycles. The molecule has 2 aliphatic rings. The van der Waals surface area contributed by atoms with Crippen LogP contribution in [0.25, 0.3) is 0 Å². The van der Waals surface area contributed by atoms with Crippen molar-refractivity contribution in [1.29, 1.82) is 0 Å². The van der Waals surface area contributed by atoms with E-state index < -0.39 is 18.4 Å². The van der Waals surface area contributed by atoms with Gasteiger partial charge in [0.1, 0.15) is 13.2 Å². The van der Waals surface area contributed by atoms with Crippen LogP contribution in [-0.2, 0) is 27.3 Å². The Balaban J connectivity index is 1.68. The molecule has 2 unspecified atom stereocenters. The van der Waals surface area contributed by atoms with E-state index >= 15 is 0 Å². The Morgan fingerprint density at radius 3 is 2.67 bits per heavy atom. The average Bonchev–Trinajstić information content (AvgIpc) is 3.03. The number of nitrogens with zero attached hydrogens (tertiary/aromatic N) is 2. The molecule has 4 rings (SSSR count). The minimum absolute atomic E-state index is 0.0542. The Kier molecular flexibility index (Phi) is 9.08. The van der Waals surface area contributed by atoms with E-state index in [4.69, 9.17) is 18.9 Å². The molecule has 10 heteroatoms. The number of anilines is 1. The third-order valence-electron chi connectivity index (χ3n) is 6.75. The Bertz CT molecular complexity index is 1230. The van der Waals surface area contributed by atoms with Crippen molar-refractivity contribution in [1.82, 2.24) is 4.90 Å². The number of hydrogen-bond donors (Lipinski definition) is 1. The van der Waals surface area contributed by atoms with Gasteiger partial charge >= 0.3 is 12.1 Å². The second-order valence-electron chi connectivity index (χ2n) is 9.32. The second-order valence-corrected chi connectivity index (χ2v) is 9.32. The lowest BCUT2D eigenvalue weighted by atomic mass is 10.0. The minimum atomic E-state index is -1.31. The first-order valence-corrected chi connectivity index (χ1v) is 13.0. The molecule has 0 aliphatic carbocycles. The molecule has 2 atom stereocenters. The lowest BCUT2D eigenvalue weighted by Crippen LogP contribution is -2.55. The summed E-state index contributed by atoms with van der Waals surface area (Å²) >= 11 is 0. The smallest absolute Gasteiger partial charge is 0.416 e. The molecule has 2 heterocycles. The molecule has 0 bridgehead atoms. The molecule has 208 valence electrons. The molecular formula is C29H34N2O8. The van der Waals surface area contributed by atoms with Crippen molar-refractivity contribution in [3.63, 3.8) is 0 Å². The van der Waals surface area contributed by atoms with Crippen LogP contribution < -0.4 is 14.4 Å². The Morgan fingerprint density at radius 1 is 1.13 bits per heavy atom. The van der Waals surface area contributed by atoms with Gasteiger partial charge in [-0.05, 0) is 43.4 Å². The van der Waals surface area contributed by atoms with Crippen molar-refractivity contribution < 1.29 is 38.4 Å². The summed E-state index contributed by atoms with van der Waals surface area (Å²) in [5, 5.41) is 11.3. The molecule has 1 N–H and O–H groups in total. The van der Waals surface area contributed by atoms with E-state index in [1.165, 1.54) is 25.3 Å². The maximum atomic E-state index is 13.6. The van der Waals surface area contributed by atoms with Crippen LogP contribution in [0.4, 0.5) is 10.5 Å². The van der Waals surface area contributed by atoms with Crippen LogP contribution >= 0.6 is 0 Å². The Hall–Kier alpha value is -4.05. The summed E-state index contributed by atoms with van der Waals surface area (Å²) in [5.74, 6) is -0.0437. The summed E-state index contributed by atoms with van der Waals surface area (Å²) in [6, 6.07) is 9.83. The molecule has 10 nitrogen and oxygen atoms in total. The molecule has 0 radical (unpaired) electrons. The number of carbonyl (C=O) groups is 3. The summed E-state index contributed by atoms with van der Waals surface area (Å²) < 4.78 is 21.9. The number of benzene rings is 2. The maximum Gasteiger partial charge on any atom is 0.416 e. The maximum absolute atomic E-state index is 13.6. The standard InChI is InChI=1S/C29H34N2O8/c1-4-13-38-29(35)31-23-17-25(39-18-20-10-8-9-19(14-20)15-26(32)37-5-2)24(36-3)16-21(23)27(33)30-12-7-6-11-22(30)28(31)34/h4,8-10,14,16-17,22,28,34H,1,5-7,11-13,15,18H2,2-3H3. The summed E-state index contributed by atoms with van der Waals surface area (Å²) in [6.07, 6.45) is 1.64. The highest BCUT2D eigenvalue weighted by molar-refractivity contribution is 6.06. The topological polar surface area (TPSA) is 115 Å². The highest BCUT2D eigenvalue weighted by Gasteiger charge is 2.44. The van der Waals surface area contributed by atoms with E-state index in [-0.39, 0.29) is 48.5 Å². The predicted molar refractivity (Wildman–Crippen MR) is 143 cm³/mol. The van der Waals surface area contributed by atoms with Gasteiger partial charge in [0.25, 0.3) is 5.91 Å². The molecular weight excluding hydrogens is 504 g/mol. The van der Waals surface area contributed by atoms with E-state index in [0.717, 1.165) is 28.9 Å². The Labute approximate surface area is 227 Å². The fourth-order valence-corrected chi connectivity index (χ4v) is 4.96. The van der Waals surface area contributed by atoms with Gasteiger partial charge in [-0.3, -0.25) is 9.59 Å². The van der Waals surface area contributed by atoms with Gasteiger partial charge in [-0.25, -0.2) is 9.69 Å². The number of piperidine rings is 1. The molecule has 39 heavy (non-hydrogen) atoms. The first-order valence-electron chi connectivity index (χ1n) is 13.0. The molecule has 2 aromatic carbocycles. The van der Waals surface area contributed by atoms with Crippen LogP contribution in [0.1, 0.15) is 47.7 Å². The largest absolute Gasteiger partial charge is 0.493 e. The normalized spacial score (nSPS) is 18.4. The van der Waals surface area contributed by atoms with Crippen molar-refractivity contribution >= 4 is 23.7 Å². The van der Waals surface area contributed by atoms with Crippen LogP contribution in [-0.4, -0.2) is 67.1 Å². The second kappa shape index (κ2) is 12.7. The van der Waals surface area contributed by atoms with Crippen LogP contribution in [0.15, 0.2) is 49.1 Å². The number of aliphatic hydroxyl groups is 1. The molecule has 0 aromatic heterocycles. The highest BCUT2D eigenvalue weighted by Crippen LogP contribution is 2.41. The third kappa shape index (κ3) is 6.17. The number of carbonyl (C=O) groups excluding carboxylic acids is 3. The lowest BCUT2D eigenvalue weighted by Gasteiger charge is -2.38. The molecule has 0 spiro atoms. The summed E-state index contributed by atoms with van der Waals surface area (Å²) in [6.45, 7) is 6.19. The summed E-state index contributed by atoms with van der Waals surface area (Å²) in [5.41, 5.74) is 1.95. The molecule has 0 saturated carbocycles. The lowest BCUT2D eigenvalue weighted by molar-refractivity contribution is -0.142. The average molecular weight is 539 g/mol. The molecule has 1 fully saturated rings. The van der Waals surface area contributed by atoms with E-state index in [1.54, 1.807) is 11.8 Å². The van der Waals surface area contributed by atoms with Crippen LogP contribution in [0.5, 0.6) is 11.5 Å². The van der Waals surface area contributed by atoms with Gasteiger partial charge in [0.05, 0.1) is 37.4 Å². The fourth-order valence-electron chi connectivity index (χ4n) is 4.96. The number of hydrogen-bond acceptors (Lipinski definition) is 8. The summed E-state index contributed by atoms with van der Waals surface area (Å²) in [4.78, 5) is 41.4. The number of esters is 1. The van der Waals surface area contributed by atoms with Gasteiger partial charge in [-0.2, -0.15) is 0 Å². The van der Waals surface area contributed by atoms with Crippen LogP contribution in [0.2, 0.25) is 0 Å². The van der Waals surface area contributed by atoms with Gasteiger partial charge in [-0.15, -0.1) is 0 Å². The van der Waals surface area contributed by atoms with Gasteiger partial charge in [-0.1, -0.05) is 36.9 Å². The van der Waals surface area contributed by atoms with Crippen molar-refractivity contribution in [2.24, 2.45) is 0 Å².